The van der Waals surface area contributed by atoms with E-state index in [0.717, 1.165) is 0 Å². The topological polar surface area (TPSA) is 95.9 Å². The second kappa shape index (κ2) is 8.08. The van der Waals surface area contributed by atoms with Crippen molar-refractivity contribution in [2.45, 2.75) is 25.6 Å². The highest BCUT2D eigenvalue weighted by atomic mass is 16.6. The minimum Gasteiger partial charge on any atom is -0.546 e. The number of aliphatic hydroxyl groups excluding tert-OH is 1. The third-order valence-electron chi connectivity index (χ3n) is 2.40. The first-order valence-electron chi connectivity index (χ1n) is 6.15. The molecule has 0 aromatic heterocycles. The number of esters is 1. The Morgan fingerprint density at radius 2 is 1.84 bits per heavy atom. The Morgan fingerprint density at radius 1 is 1.26 bits per heavy atom. The third-order valence-corrected chi connectivity index (χ3v) is 2.40. The Balaban J connectivity index is 4.28. The van der Waals surface area contributed by atoms with E-state index < -0.39 is 30.8 Å². The monoisotopic (exact) mass is 277 g/mol. The predicted molar refractivity (Wildman–Crippen MR) is 64.9 cm³/mol. The maximum absolute atomic E-state index is 11.6. The molecule has 112 valence electrons. The first kappa shape index (κ1) is 17.8. The van der Waals surface area contributed by atoms with Gasteiger partial charge in [0.05, 0.1) is 40.3 Å². The van der Waals surface area contributed by atoms with Crippen LogP contribution >= 0.6 is 0 Å². The average molecular weight is 277 g/mol. The van der Waals surface area contributed by atoms with Crippen LogP contribution in [0.25, 0.3) is 0 Å². The molecule has 2 unspecified atom stereocenters. The third kappa shape index (κ3) is 7.76. The zero-order chi connectivity index (χ0) is 15.1. The van der Waals surface area contributed by atoms with Crippen LogP contribution in [0.4, 0.5) is 0 Å². The zero-order valence-corrected chi connectivity index (χ0v) is 11.9. The Labute approximate surface area is 113 Å². The molecule has 0 rings (SSSR count). The lowest BCUT2D eigenvalue weighted by Crippen LogP contribution is -2.43. The van der Waals surface area contributed by atoms with Crippen molar-refractivity contribution in [1.29, 1.82) is 0 Å². The van der Waals surface area contributed by atoms with Crippen LogP contribution in [0.15, 0.2) is 0 Å². The second-order valence-corrected chi connectivity index (χ2v) is 5.21. The summed E-state index contributed by atoms with van der Waals surface area (Å²) in [7, 11) is 5.87. The van der Waals surface area contributed by atoms with Gasteiger partial charge in [0.1, 0.15) is 12.6 Å². The molecule has 0 saturated carbocycles. The first-order valence-corrected chi connectivity index (χ1v) is 6.15. The Morgan fingerprint density at radius 3 is 2.21 bits per heavy atom. The molecular weight excluding hydrogens is 254 g/mol. The number of hydrogen-bond acceptors (Lipinski definition) is 6. The molecule has 2 atom stereocenters. The summed E-state index contributed by atoms with van der Waals surface area (Å²) in [4.78, 5) is 22.2. The van der Waals surface area contributed by atoms with Crippen molar-refractivity contribution < 1.29 is 33.8 Å². The molecule has 0 aliphatic rings. The van der Waals surface area contributed by atoms with E-state index in [9.17, 15) is 14.7 Å². The highest BCUT2D eigenvalue weighted by Gasteiger charge is 2.24. The molecule has 0 aliphatic heterocycles. The van der Waals surface area contributed by atoms with Gasteiger partial charge in [-0.25, -0.2) is 4.79 Å². The molecule has 0 bridgehead atoms. The zero-order valence-electron chi connectivity index (χ0n) is 11.9. The highest BCUT2D eigenvalue weighted by molar-refractivity contribution is 5.79. The molecule has 7 nitrogen and oxygen atoms in total. The molecule has 0 amide bonds. The summed E-state index contributed by atoms with van der Waals surface area (Å²) in [6, 6.07) is 0. The summed E-state index contributed by atoms with van der Waals surface area (Å²) >= 11 is 0. The van der Waals surface area contributed by atoms with Crippen molar-refractivity contribution >= 4 is 11.9 Å². The number of carboxylic acids is 1. The van der Waals surface area contributed by atoms with Gasteiger partial charge in [0.2, 0.25) is 0 Å². The highest BCUT2D eigenvalue weighted by Crippen LogP contribution is 2.03. The molecule has 0 saturated heterocycles. The van der Waals surface area contributed by atoms with Gasteiger partial charge < -0.3 is 29.0 Å². The lowest BCUT2D eigenvalue weighted by atomic mass is 10.3. The van der Waals surface area contributed by atoms with Crippen LogP contribution in [-0.4, -0.2) is 74.6 Å². The SMILES string of the molecule is CCC(OC(=O)C(CO)OCC[N+](C)(C)C)C(=O)[O-]. The number of carbonyl (C=O) groups excluding carboxylic acids is 2. The standard InChI is InChI=1S/C12H23NO6/c1-5-9(11(15)16)19-12(17)10(8-14)18-7-6-13(2,3)4/h9-10,14H,5-8H2,1-4H3. The number of ether oxygens (including phenoxy) is 2. The van der Waals surface area contributed by atoms with Crippen molar-refractivity contribution in [2.75, 3.05) is 40.9 Å². The van der Waals surface area contributed by atoms with Gasteiger partial charge in [-0.15, -0.1) is 0 Å². The van der Waals surface area contributed by atoms with Crippen LogP contribution in [0.3, 0.4) is 0 Å². The first-order chi connectivity index (χ1) is 8.71. The second-order valence-electron chi connectivity index (χ2n) is 5.21. The maximum atomic E-state index is 11.6. The number of rotatable bonds is 9. The van der Waals surface area contributed by atoms with Gasteiger partial charge in [-0.2, -0.15) is 0 Å². The van der Waals surface area contributed by atoms with Crippen molar-refractivity contribution in [3.8, 4) is 0 Å². The molecule has 0 heterocycles. The van der Waals surface area contributed by atoms with Crippen LogP contribution < -0.4 is 5.11 Å². The van der Waals surface area contributed by atoms with Crippen molar-refractivity contribution in [2.24, 2.45) is 0 Å². The molecule has 0 radical (unpaired) electrons. The minimum atomic E-state index is -1.46. The van der Waals surface area contributed by atoms with Gasteiger partial charge in [-0.05, 0) is 6.42 Å². The normalized spacial score (nSPS) is 14.8. The Bertz CT molecular complexity index is 299. The van der Waals surface area contributed by atoms with Gasteiger partial charge in [0, 0.05) is 0 Å². The largest absolute Gasteiger partial charge is 0.546 e. The number of aliphatic carboxylic acids is 1. The number of aliphatic hydroxyl groups is 1. The van der Waals surface area contributed by atoms with Crippen LogP contribution in [0.2, 0.25) is 0 Å². The van der Waals surface area contributed by atoms with E-state index in [-0.39, 0.29) is 13.0 Å². The van der Waals surface area contributed by atoms with Gasteiger partial charge in [-0.1, -0.05) is 6.92 Å². The lowest BCUT2D eigenvalue weighted by molar-refractivity contribution is -0.870. The molecule has 1 N–H and O–H groups in total. The van der Waals surface area contributed by atoms with E-state index in [0.29, 0.717) is 11.0 Å². The number of likely N-dealkylation sites (N-methyl/N-ethyl adjacent to an activating group) is 1. The summed E-state index contributed by atoms with van der Waals surface area (Å²) in [5, 5.41) is 19.7. The average Bonchev–Trinajstić information content (AvgIpc) is 2.29. The lowest BCUT2D eigenvalue weighted by Gasteiger charge is -2.25. The number of carboxylic acid groups (broad SMARTS) is 1. The van der Waals surface area contributed by atoms with E-state index in [1.54, 1.807) is 6.92 Å². The summed E-state index contributed by atoms with van der Waals surface area (Å²) < 4.78 is 10.5. The predicted octanol–water partition coefficient (Wildman–Crippen LogP) is -1.86. The smallest absolute Gasteiger partial charge is 0.338 e. The van der Waals surface area contributed by atoms with E-state index >= 15 is 0 Å². The molecule has 0 aliphatic carbocycles. The number of hydrogen-bond donors (Lipinski definition) is 1. The van der Waals surface area contributed by atoms with Gasteiger partial charge in [0.25, 0.3) is 0 Å². The molecule has 0 spiro atoms. The quantitative estimate of drug-likeness (QED) is 0.392. The fourth-order valence-corrected chi connectivity index (χ4v) is 1.18. The fraction of sp³-hybridized carbons (Fsp3) is 0.833. The van der Waals surface area contributed by atoms with Crippen molar-refractivity contribution in [3.05, 3.63) is 0 Å². The summed E-state index contributed by atoms with van der Waals surface area (Å²) in [5.74, 6) is -2.35. The fourth-order valence-electron chi connectivity index (χ4n) is 1.18. The number of nitrogens with zero attached hydrogens (tertiary/aromatic N) is 1. The number of quaternary nitrogens is 1. The van der Waals surface area contributed by atoms with Gasteiger partial charge in [-0.3, -0.25) is 0 Å². The van der Waals surface area contributed by atoms with E-state index in [4.69, 9.17) is 14.6 Å². The van der Waals surface area contributed by atoms with Crippen molar-refractivity contribution in [1.82, 2.24) is 0 Å². The Kier molecular flexibility index (Phi) is 7.58. The summed E-state index contributed by atoms with van der Waals surface area (Å²) in [6.07, 6.45) is -2.38. The maximum Gasteiger partial charge on any atom is 0.338 e. The molecular formula is C12H23NO6. The van der Waals surface area contributed by atoms with Crippen molar-refractivity contribution in [3.63, 3.8) is 0 Å². The van der Waals surface area contributed by atoms with Crippen LogP contribution in [0.5, 0.6) is 0 Å². The minimum absolute atomic E-state index is 0.102. The van der Waals surface area contributed by atoms with E-state index in [2.05, 4.69) is 0 Å². The molecule has 0 aromatic rings. The van der Waals surface area contributed by atoms with Gasteiger partial charge in [0.15, 0.2) is 6.10 Å². The summed E-state index contributed by atoms with van der Waals surface area (Å²) in [5.41, 5.74) is 0. The number of carbonyl (C=O) groups is 2. The Hall–Kier alpha value is -1.18. The van der Waals surface area contributed by atoms with E-state index in [1.165, 1.54) is 0 Å². The molecule has 0 fully saturated rings. The van der Waals surface area contributed by atoms with Gasteiger partial charge >= 0.3 is 5.97 Å². The molecule has 19 heavy (non-hydrogen) atoms. The van der Waals surface area contributed by atoms with E-state index in [1.807, 2.05) is 21.1 Å². The van der Waals surface area contributed by atoms with Crippen LogP contribution in [-0.2, 0) is 19.1 Å². The van der Waals surface area contributed by atoms with Crippen LogP contribution in [0.1, 0.15) is 13.3 Å². The molecule has 7 heteroatoms. The summed E-state index contributed by atoms with van der Waals surface area (Å²) in [6.45, 7) is 1.90. The molecule has 0 aromatic carbocycles. The van der Waals surface area contributed by atoms with Crippen LogP contribution in [0, 0.1) is 0 Å².